The summed E-state index contributed by atoms with van der Waals surface area (Å²) in [5.74, 6) is 1.20. The molecule has 160 valence electrons. The molecule has 0 amide bonds. The highest BCUT2D eigenvalue weighted by molar-refractivity contribution is 7.14. The van der Waals surface area contributed by atoms with E-state index in [1.165, 1.54) is 42.5 Å². The smallest absolute Gasteiger partial charge is 0.203 e. The number of aliphatic imine (C=N–C) groups is 1. The largest absolute Gasteiger partial charge is 0.369 e. The van der Waals surface area contributed by atoms with Crippen molar-refractivity contribution in [3.63, 3.8) is 0 Å². The van der Waals surface area contributed by atoms with Crippen LogP contribution in [0.15, 0.2) is 34.6 Å². The fourth-order valence-corrected chi connectivity index (χ4v) is 6.11. The second-order valence-electron chi connectivity index (χ2n) is 9.00. The first-order valence-electron chi connectivity index (χ1n) is 11.1. The third-order valence-corrected chi connectivity index (χ3v) is 7.90. The van der Waals surface area contributed by atoms with Crippen LogP contribution in [0.2, 0.25) is 0 Å². The predicted molar refractivity (Wildman–Crippen MR) is 127 cm³/mol. The van der Waals surface area contributed by atoms with E-state index in [0.29, 0.717) is 5.92 Å². The average Bonchev–Trinajstić information content (AvgIpc) is 3.40. The van der Waals surface area contributed by atoms with Crippen molar-refractivity contribution in [2.75, 3.05) is 43.4 Å². The number of hydrogen-bond acceptors (Lipinski definition) is 7. The second-order valence-corrected chi connectivity index (χ2v) is 9.85. The Labute approximate surface area is 183 Å². The van der Waals surface area contributed by atoms with Gasteiger partial charge in [-0.3, -0.25) is 0 Å². The van der Waals surface area contributed by atoms with Gasteiger partial charge in [-0.25, -0.2) is 4.99 Å². The molecule has 0 bridgehead atoms. The van der Waals surface area contributed by atoms with E-state index < -0.39 is 5.66 Å². The number of guanidine groups is 1. The molecule has 1 aromatic carbocycles. The lowest BCUT2D eigenvalue weighted by Crippen LogP contribution is -2.60. The number of likely N-dealkylation sites (N-methyl/N-ethyl adjacent to an activating group) is 1. The molecule has 30 heavy (non-hydrogen) atoms. The van der Waals surface area contributed by atoms with E-state index in [4.69, 9.17) is 10.7 Å². The molecule has 2 aromatic rings. The molecule has 6 nitrogen and oxygen atoms in total. The Morgan fingerprint density at radius 2 is 1.83 bits per heavy atom. The molecule has 0 spiro atoms. The first kappa shape index (κ1) is 19.8. The summed E-state index contributed by atoms with van der Waals surface area (Å²) in [7, 11) is 2.19. The molecular weight excluding hydrogens is 392 g/mol. The molecule has 1 atom stereocenters. The van der Waals surface area contributed by atoms with E-state index in [2.05, 4.69) is 64.1 Å². The predicted octanol–water partition coefficient (Wildman–Crippen LogP) is 3.81. The standard InChI is InChI=1S/C23H32N6S/c1-16-15-30-21-20(16)23(24,17-5-3-4-6-17)27-22(26-21)25-18-7-9-19(10-8-18)29-13-11-28(2)12-14-29/h7-10,15,17H,3-6,11-14,24H2,1-2H3,(H2,25,26,27). The molecule has 3 aliphatic rings. The van der Waals surface area contributed by atoms with E-state index in [0.717, 1.165) is 42.8 Å². The van der Waals surface area contributed by atoms with Crippen LogP contribution < -0.4 is 21.3 Å². The van der Waals surface area contributed by atoms with Gasteiger partial charge in [-0.15, -0.1) is 11.3 Å². The number of aryl methyl sites for hydroxylation is 1. The van der Waals surface area contributed by atoms with Gasteiger partial charge in [0.1, 0.15) is 10.7 Å². The molecule has 1 aromatic heterocycles. The van der Waals surface area contributed by atoms with Crippen molar-refractivity contribution in [3.05, 3.63) is 40.8 Å². The summed E-state index contributed by atoms with van der Waals surface area (Å²) in [6, 6.07) is 8.68. The van der Waals surface area contributed by atoms with Gasteiger partial charge in [0.15, 0.2) is 0 Å². The Morgan fingerprint density at radius 1 is 1.13 bits per heavy atom. The first-order valence-corrected chi connectivity index (χ1v) is 12.0. The number of hydrogen-bond donors (Lipinski definition) is 3. The Hall–Kier alpha value is -2.09. The van der Waals surface area contributed by atoms with Crippen LogP contribution in [0.4, 0.5) is 16.4 Å². The summed E-state index contributed by atoms with van der Waals surface area (Å²) in [6.07, 6.45) is 4.87. The molecule has 0 radical (unpaired) electrons. The van der Waals surface area contributed by atoms with E-state index in [1.807, 2.05) is 0 Å². The van der Waals surface area contributed by atoms with Gasteiger partial charge in [-0.1, -0.05) is 12.8 Å². The van der Waals surface area contributed by atoms with Crippen LogP contribution in [0.3, 0.4) is 0 Å². The summed E-state index contributed by atoms with van der Waals surface area (Å²) in [5.41, 5.74) is 11.3. The Kier molecular flexibility index (Phi) is 5.21. The van der Waals surface area contributed by atoms with Crippen LogP contribution in [0.1, 0.15) is 36.8 Å². The van der Waals surface area contributed by atoms with Crippen molar-refractivity contribution < 1.29 is 0 Å². The normalized spacial score (nSPS) is 25.0. The molecule has 1 saturated heterocycles. The molecular formula is C23H32N6S. The van der Waals surface area contributed by atoms with Crippen LogP contribution in [-0.2, 0) is 5.66 Å². The summed E-state index contributed by atoms with van der Waals surface area (Å²) in [5, 5.41) is 10.3. The van der Waals surface area contributed by atoms with Gasteiger partial charge < -0.3 is 26.2 Å². The first-order chi connectivity index (χ1) is 14.5. The molecule has 7 heteroatoms. The third-order valence-electron chi connectivity index (χ3n) is 6.91. The number of rotatable bonds is 3. The highest BCUT2D eigenvalue weighted by Gasteiger charge is 2.44. The molecule has 4 N–H and O–H groups in total. The topological polar surface area (TPSA) is 68.9 Å². The second kappa shape index (κ2) is 7.87. The zero-order chi connectivity index (χ0) is 20.7. The molecule has 1 unspecified atom stereocenters. The van der Waals surface area contributed by atoms with E-state index >= 15 is 0 Å². The molecule has 1 aliphatic carbocycles. The monoisotopic (exact) mass is 424 g/mol. The lowest BCUT2D eigenvalue weighted by atomic mass is 9.83. The number of fused-ring (bicyclic) bond motifs is 1. The number of benzene rings is 1. The van der Waals surface area contributed by atoms with Crippen LogP contribution in [0.25, 0.3) is 0 Å². The Morgan fingerprint density at radius 3 is 2.53 bits per heavy atom. The number of thiophene rings is 1. The van der Waals surface area contributed by atoms with Crippen molar-refractivity contribution in [3.8, 4) is 0 Å². The Bertz CT molecular complexity index is 922. The highest BCUT2D eigenvalue weighted by Crippen LogP contribution is 2.46. The summed E-state index contributed by atoms with van der Waals surface area (Å²) in [6.45, 7) is 6.54. The fraction of sp³-hybridized carbons (Fsp3) is 0.522. The van der Waals surface area contributed by atoms with Gasteiger partial charge >= 0.3 is 0 Å². The molecule has 1 saturated carbocycles. The van der Waals surface area contributed by atoms with Gasteiger partial charge in [0.05, 0.1) is 0 Å². The van der Waals surface area contributed by atoms with E-state index in [1.54, 1.807) is 11.3 Å². The molecule has 3 heterocycles. The lowest BCUT2D eigenvalue weighted by molar-refractivity contribution is 0.252. The SMILES string of the molecule is Cc1csc2c1C(N)(C1CCCC1)NC(Nc1ccc(N3CCN(C)CC3)cc1)=N2. The van der Waals surface area contributed by atoms with Gasteiger partial charge in [-0.05, 0) is 67.9 Å². The van der Waals surface area contributed by atoms with Crippen LogP contribution in [0, 0.1) is 12.8 Å². The van der Waals surface area contributed by atoms with Crippen molar-refractivity contribution >= 4 is 33.7 Å². The highest BCUT2D eigenvalue weighted by atomic mass is 32.1. The Balaban J connectivity index is 1.35. The zero-order valence-corrected chi connectivity index (χ0v) is 18.8. The fourth-order valence-electron chi connectivity index (χ4n) is 5.11. The van der Waals surface area contributed by atoms with Gasteiger partial charge in [0.25, 0.3) is 0 Å². The van der Waals surface area contributed by atoms with Crippen LogP contribution in [0.5, 0.6) is 0 Å². The maximum absolute atomic E-state index is 7.06. The lowest BCUT2D eigenvalue weighted by Gasteiger charge is -2.40. The van der Waals surface area contributed by atoms with Crippen molar-refractivity contribution in [1.29, 1.82) is 0 Å². The summed E-state index contributed by atoms with van der Waals surface area (Å²) < 4.78 is 0. The third kappa shape index (κ3) is 3.59. The van der Waals surface area contributed by atoms with Crippen LogP contribution in [-0.4, -0.2) is 44.1 Å². The molecule has 5 rings (SSSR count). The van der Waals surface area contributed by atoms with Crippen molar-refractivity contribution in [2.45, 2.75) is 38.3 Å². The van der Waals surface area contributed by atoms with Gasteiger partial charge in [-0.2, -0.15) is 0 Å². The number of nitrogens with two attached hydrogens (primary N) is 1. The quantitative estimate of drug-likeness (QED) is 0.699. The average molecular weight is 425 g/mol. The minimum atomic E-state index is -0.542. The maximum Gasteiger partial charge on any atom is 0.203 e. The number of nitrogens with one attached hydrogen (secondary N) is 2. The zero-order valence-electron chi connectivity index (χ0n) is 17.9. The van der Waals surface area contributed by atoms with Crippen molar-refractivity contribution in [1.82, 2.24) is 10.2 Å². The van der Waals surface area contributed by atoms with E-state index in [9.17, 15) is 0 Å². The number of piperazine rings is 1. The van der Waals surface area contributed by atoms with Gasteiger partial charge in [0, 0.05) is 43.1 Å². The summed E-state index contributed by atoms with van der Waals surface area (Å²) in [4.78, 5) is 9.69. The van der Waals surface area contributed by atoms with Gasteiger partial charge in [0.2, 0.25) is 5.96 Å². The molecule has 2 aliphatic heterocycles. The minimum absolute atomic E-state index is 0.441. The number of anilines is 2. The van der Waals surface area contributed by atoms with Crippen molar-refractivity contribution in [2.24, 2.45) is 16.6 Å². The van der Waals surface area contributed by atoms with Crippen LogP contribution >= 0.6 is 11.3 Å². The molecule has 2 fully saturated rings. The minimum Gasteiger partial charge on any atom is -0.369 e. The number of nitrogens with zero attached hydrogens (tertiary/aromatic N) is 3. The van der Waals surface area contributed by atoms with E-state index in [-0.39, 0.29) is 0 Å². The maximum atomic E-state index is 7.06. The summed E-state index contributed by atoms with van der Waals surface area (Å²) >= 11 is 1.69.